The van der Waals surface area contributed by atoms with E-state index in [9.17, 15) is 5.11 Å². The zero-order valence-electron chi connectivity index (χ0n) is 12.8. The first-order valence-electron chi connectivity index (χ1n) is 7.98. The number of anilines is 1. The van der Waals surface area contributed by atoms with E-state index in [1.165, 1.54) is 0 Å². The van der Waals surface area contributed by atoms with Crippen LogP contribution in [0.25, 0.3) is 16.9 Å². The lowest BCUT2D eigenvalue weighted by atomic mass is 9.93. The standard InChI is InChI=1S/C17H19N5O/c23-14-3-1-13(2-4-14)20-16-17-19-9-10-22(17)11-15(21-16)12-5-7-18-8-6-12/h5-11,13-14,23H,1-4H2,(H,20,21). The summed E-state index contributed by atoms with van der Waals surface area (Å²) in [6.07, 6.45) is 12.7. The fourth-order valence-electron chi connectivity index (χ4n) is 3.10. The third kappa shape index (κ3) is 2.90. The number of nitrogens with zero attached hydrogens (tertiary/aromatic N) is 4. The topological polar surface area (TPSA) is 75.3 Å². The number of imidazole rings is 1. The van der Waals surface area contributed by atoms with Crippen LogP contribution in [0.2, 0.25) is 0 Å². The first-order chi connectivity index (χ1) is 11.3. The van der Waals surface area contributed by atoms with Crippen LogP contribution in [0.4, 0.5) is 5.82 Å². The second-order valence-electron chi connectivity index (χ2n) is 6.02. The van der Waals surface area contributed by atoms with E-state index in [1.54, 1.807) is 18.6 Å². The molecule has 0 unspecified atom stereocenters. The number of hydrogen-bond acceptors (Lipinski definition) is 5. The van der Waals surface area contributed by atoms with E-state index in [0.29, 0.717) is 6.04 Å². The second-order valence-corrected chi connectivity index (χ2v) is 6.02. The van der Waals surface area contributed by atoms with E-state index < -0.39 is 0 Å². The predicted molar refractivity (Wildman–Crippen MR) is 88.1 cm³/mol. The molecule has 3 heterocycles. The van der Waals surface area contributed by atoms with Crippen LogP contribution in [0.15, 0.2) is 43.1 Å². The number of nitrogens with one attached hydrogen (secondary N) is 1. The van der Waals surface area contributed by atoms with Gasteiger partial charge in [-0.2, -0.15) is 0 Å². The van der Waals surface area contributed by atoms with Crippen molar-refractivity contribution in [2.75, 3.05) is 5.32 Å². The van der Waals surface area contributed by atoms with Crippen molar-refractivity contribution in [1.29, 1.82) is 0 Å². The Kier molecular flexibility index (Phi) is 3.67. The molecule has 0 aliphatic heterocycles. The van der Waals surface area contributed by atoms with Crippen LogP contribution in [0, 0.1) is 0 Å². The van der Waals surface area contributed by atoms with Crippen molar-refractivity contribution in [2.24, 2.45) is 0 Å². The molecule has 0 atom stereocenters. The average molecular weight is 309 g/mol. The molecule has 1 aliphatic carbocycles. The number of pyridine rings is 1. The normalized spacial score (nSPS) is 21.4. The van der Waals surface area contributed by atoms with Crippen molar-refractivity contribution in [3.05, 3.63) is 43.1 Å². The summed E-state index contributed by atoms with van der Waals surface area (Å²) in [7, 11) is 0. The minimum atomic E-state index is -0.157. The minimum absolute atomic E-state index is 0.157. The minimum Gasteiger partial charge on any atom is -0.393 e. The van der Waals surface area contributed by atoms with Gasteiger partial charge in [-0.15, -0.1) is 0 Å². The molecule has 0 saturated heterocycles. The Morgan fingerprint density at radius 2 is 1.87 bits per heavy atom. The van der Waals surface area contributed by atoms with Crippen LogP contribution in [-0.2, 0) is 0 Å². The summed E-state index contributed by atoms with van der Waals surface area (Å²) in [5.74, 6) is 0.797. The molecule has 23 heavy (non-hydrogen) atoms. The summed E-state index contributed by atoms with van der Waals surface area (Å²) < 4.78 is 1.99. The monoisotopic (exact) mass is 309 g/mol. The molecule has 2 N–H and O–H groups in total. The summed E-state index contributed by atoms with van der Waals surface area (Å²) in [6, 6.07) is 4.23. The van der Waals surface area contributed by atoms with E-state index in [2.05, 4.69) is 15.3 Å². The molecule has 1 saturated carbocycles. The molecule has 4 rings (SSSR count). The lowest BCUT2D eigenvalue weighted by Crippen LogP contribution is -2.28. The van der Waals surface area contributed by atoms with Crippen LogP contribution in [0.1, 0.15) is 25.7 Å². The molecule has 6 nitrogen and oxygen atoms in total. The molecular weight excluding hydrogens is 290 g/mol. The zero-order valence-corrected chi connectivity index (χ0v) is 12.8. The largest absolute Gasteiger partial charge is 0.393 e. The Hall–Kier alpha value is -2.47. The lowest BCUT2D eigenvalue weighted by molar-refractivity contribution is 0.126. The van der Waals surface area contributed by atoms with Gasteiger partial charge in [0.2, 0.25) is 0 Å². The summed E-state index contributed by atoms with van der Waals surface area (Å²) in [6.45, 7) is 0. The van der Waals surface area contributed by atoms with Gasteiger partial charge in [0.25, 0.3) is 0 Å². The molecule has 0 aromatic carbocycles. The second kappa shape index (κ2) is 5.96. The van der Waals surface area contributed by atoms with Crippen molar-refractivity contribution in [3.8, 4) is 11.3 Å². The van der Waals surface area contributed by atoms with Gasteiger partial charge in [0.05, 0.1) is 11.8 Å². The quantitative estimate of drug-likeness (QED) is 0.777. The van der Waals surface area contributed by atoms with E-state index in [1.807, 2.05) is 28.9 Å². The molecule has 3 aromatic heterocycles. The highest BCUT2D eigenvalue weighted by molar-refractivity contribution is 5.69. The van der Waals surface area contributed by atoms with Crippen molar-refractivity contribution >= 4 is 11.5 Å². The van der Waals surface area contributed by atoms with Gasteiger partial charge in [-0.1, -0.05) is 0 Å². The molecule has 1 fully saturated rings. The number of aromatic nitrogens is 4. The van der Waals surface area contributed by atoms with Gasteiger partial charge < -0.3 is 14.8 Å². The summed E-state index contributed by atoms with van der Waals surface area (Å²) in [4.78, 5) is 13.2. The van der Waals surface area contributed by atoms with E-state index in [-0.39, 0.29) is 6.10 Å². The number of rotatable bonds is 3. The van der Waals surface area contributed by atoms with Crippen LogP contribution in [0.3, 0.4) is 0 Å². The Morgan fingerprint density at radius 3 is 2.65 bits per heavy atom. The Labute approximate surface area is 134 Å². The predicted octanol–water partition coefficient (Wildman–Crippen LogP) is 2.51. The van der Waals surface area contributed by atoms with Gasteiger partial charge in [-0.25, -0.2) is 9.97 Å². The van der Waals surface area contributed by atoms with Crippen molar-refractivity contribution in [3.63, 3.8) is 0 Å². The maximum atomic E-state index is 9.66. The number of aliphatic hydroxyl groups excluding tert-OH is 1. The fourth-order valence-corrected chi connectivity index (χ4v) is 3.10. The molecule has 0 spiro atoms. The summed E-state index contributed by atoms with van der Waals surface area (Å²) >= 11 is 0. The van der Waals surface area contributed by atoms with Crippen LogP contribution >= 0.6 is 0 Å². The highest BCUT2D eigenvalue weighted by Crippen LogP contribution is 2.25. The molecule has 0 amide bonds. The van der Waals surface area contributed by atoms with Crippen LogP contribution < -0.4 is 5.32 Å². The maximum Gasteiger partial charge on any atom is 0.180 e. The van der Waals surface area contributed by atoms with Crippen molar-refractivity contribution in [1.82, 2.24) is 19.4 Å². The molecule has 0 radical (unpaired) electrons. The highest BCUT2D eigenvalue weighted by Gasteiger charge is 2.21. The van der Waals surface area contributed by atoms with Crippen LogP contribution in [-0.4, -0.2) is 36.6 Å². The maximum absolute atomic E-state index is 9.66. The smallest absolute Gasteiger partial charge is 0.180 e. The van der Waals surface area contributed by atoms with Gasteiger partial charge in [0.1, 0.15) is 0 Å². The van der Waals surface area contributed by atoms with Gasteiger partial charge in [-0.05, 0) is 37.8 Å². The van der Waals surface area contributed by atoms with E-state index in [0.717, 1.165) is 48.4 Å². The van der Waals surface area contributed by atoms with Crippen LogP contribution in [0.5, 0.6) is 0 Å². The SMILES string of the molecule is OC1CCC(Nc2nc(-c3ccncc3)cn3ccnc23)CC1. The Balaban J connectivity index is 1.69. The Bertz CT molecular complexity index is 793. The molecule has 3 aromatic rings. The third-order valence-electron chi connectivity index (χ3n) is 4.39. The number of hydrogen-bond donors (Lipinski definition) is 2. The van der Waals surface area contributed by atoms with Crippen molar-refractivity contribution in [2.45, 2.75) is 37.8 Å². The Morgan fingerprint density at radius 1 is 1.09 bits per heavy atom. The molecule has 1 aliphatic rings. The van der Waals surface area contributed by atoms with Crippen molar-refractivity contribution < 1.29 is 5.11 Å². The van der Waals surface area contributed by atoms with Gasteiger partial charge in [0, 0.05) is 42.6 Å². The van der Waals surface area contributed by atoms with Gasteiger partial charge in [0.15, 0.2) is 11.5 Å². The number of fused-ring (bicyclic) bond motifs is 1. The summed E-state index contributed by atoms with van der Waals surface area (Å²) in [5.41, 5.74) is 2.74. The molecular formula is C17H19N5O. The number of aliphatic hydroxyl groups is 1. The van der Waals surface area contributed by atoms with E-state index >= 15 is 0 Å². The van der Waals surface area contributed by atoms with E-state index in [4.69, 9.17) is 4.98 Å². The average Bonchev–Trinajstić information content (AvgIpc) is 3.06. The van der Waals surface area contributed by atoms with Gasteiger partial charge in [-0.3, -0.25) is 4.98 Å². The first kappa shape index (κ1) is 14.1. The highest BCUT2D eigenvalue weighted by atomic mass is 16.3. The fraction of sp³-hybridized carbons (Fsp3) is 0.353. The third-order valence-corrected chi connectivity index (χ3v) is 4.39. The summed E-state index contributed by atoms with van der Waals surface area (Å²) in [5, 5.41) is 13.2. The zero-order chi connectivity index (χ0) is 15.6. The molecule has 6 heteroatoms. The lowest BCUT2D eigenvalue weighted by Gasteiger charge is -2.26. The van der Waals surface area contributed by atoms with Gasteiger partial charge >= 0.3 is 0 Å². The first-order valence-corrected chi connectivity index (χ1v) is 7.98. The molecule has 0 bridgehead atoms. The molecule has 118 valence electrons.